The van der Waals surface area contributed by atoms with Gasteiger partial charge in [0.1, 0.15) is 5.75 Å². The largest absolute Gasteiger partial charge is 0.498 e. The third-order valence-electron chi connectivity index (χ3n) is 4.52. The molecule has 0 radical (unpaired) electrons. The van der Waals surface area contributed by atoms with E-state index in [1.807, 2.05) is 0 Å². The molecule has 0 aromatic heterocycles. The van der Waals surface area contributed by atoms with E-state index in [2.05, 4.69) is 67.5 Å². The van der Waals surface area contributed by atoms with Gasteiger partial charge in [0.15, 0.2) is 0 Å². The summed E-state index contributed by atoms with van der Waals surface area (Å²) in [5.74, 6) is 1.38. The molecule has 1 aliphatic heterocycles. The number of aryl methyl sites for hydroxylation is 2. The lowest BCUT2D eigenvalue weighted by atomic mass is 9.76. The molecule has 0 saturated carbocycles. The fraction of sp³-hybridized carbons (Fsp3) is 0.667. The van der Waals surface area contributed by atoms with Crippen molar-refractivity contribution in [1.29, 1.82) is 0 Å². The maximum atomic E-state index is 6.21. The number of hydrogen-bond acceptors (Lipinski definition) is 3. The lowest BCUT2D eigenvalue weighted by Gasteiger charge is -2.32. The van der Waals surface area contributed by atoms with Crippen LogP contribution in [0.15, 0.2) is 12.1 Å². The zero-order valence-corrected chi connectivity index (χ0v) is 15.2. The van der Waals surface area contributed by atoms with Crippen molar-refractivity contribution >= 4 is 12.6 Å². The molecule has 1 aliphatic rings. The molecule has 122 valence electrons. The van der Waals surface area contributed by atoms with Crippen LogP contribution in [-0.2, 0) is 9.31 Å². The lowest BCUT2D eigenvalue weighted by molar-refractivity contribution is 0.00578. The summed E-state index contributed by atoms with van der Waals surface area (Å²) < 4.78 is 18.5. The van der Waals surface area contributed by atoms with Gasteiger partial charge in [0.2, 0.25) is 0 Å². The van der Waals surface area contributed by atoms with Gasteiger partial charge in [-0.15, -0.1) is 0 Å². The molecule has 4 heteroatoms. The van der Waals surface area contributed by atoms with Gasteiger partial charge in [0.25, 0.3) is 0 Å². The first-order valence-electron chi connectivity index (χ1n) is 8.13. The SMILES string of the molecule is Cc1cc(C)c(OCC(C)C)c(B2OC(C)(C)C(C)(C)O2)c1. The Morgan fingerprint density at radius 3 is 2.09 bits per heavy atom. The normalized spacial score (nSPS) is 19.8. The number of rotatable bonds is 4. The molecule has 0 amide bonds. The molecular weight excluding hydrogens is 275 g/mol. The predicted molar refractivity (Wildman–Crippen MR) is 92.0 cm³/mol. The van der Waals surface area contributed by atoms with E-state index in [1.165, 1.54) is 5.56 Å². The molecule has 2 rings (SSSR count). The van der Waals surface area contributed by atoms with Crippen molar-refractivity contribution in [2.75, 3.05) is 6.61 Å². The highest BCUT2D eigenvalue weighted by molar-refractivity contribution is 6.63. The predicted octanol–water partition coefficient (Wildman–Crippen LogP) is 3.64. The minimum Gasteiger partial charge on any atom is -0.493 e. The molecule has 0 N–H and O–H groups in total. The summed E-state index contributed by atoms with van der Waals surface area (Å²) in [6.45, 7) is 17.5. The molecule has 0 spiro atoms. The van der Waals surface area contributed by atoms with Crippen LogP contribution in [0.5, 0.6) is 5.75 Å². The Bertz CT molecular complexity index is 534. The van der Waals surface area contributed by atoms with E-state index in [-0.39, 0.29) is 18.3 Å². The third kappa shape index (κ3) is 3.33. The maximum absolute atomic E-state index is 6.21. The van der Waals surface area contributed by atoms with Gasteiger partial charge in [-0.2, -0.15) is 0 Å². The quantitative estimate of drug-likeness (QED) is 0.795. The van der Waals surface area contributed by atoms with Gasteiger partial charge in [-0.05, 0) is 53.0 Å². The van der Waals surface area contributed by atoms with Crippen LogP contribution in [0.25, 0.3) is 0 Å². The Kier molecular flexibility index (Phi) is 4.65. The fourth-order valence-corrected chi connectivity index (χ4v) is 2.58. The van der Waals surface area contributed by atoms with Crippen LogP contribution in [0.4, 0.5) is 0 Å². The maximum Gasteiger partial charge on any atom is 0.498 e. The molecule has 0 atom stereocenters. The van der Waals surface area contributed by atoms with E-state index in [1.54, 1.807) is 0 Å². The minimum absolute atomic E-state index is 0.343. The second-order valence-electron chi connectivity index (χ2n) is 7.79. The average Bonchev–Trinajstić information content (AvgIpc) is 2.56. The van der Waals surface area contributed by atoms with Crippen molar-refractivity contribution in [1.82, 2.24) is 0 Å². The van der Waals surface area contributed by atoms with Crippen molar-refractivity contribution in [3.05, 3.63) is 23.3 Å². The van der Waals surface area contributed by atoms with E-state index >= 15 is 0 Å². The monoisotopic (exact) mass is 304 g/mol. The Hall–Kier alpha value is -0.995. The highest BCUT2D eigenvalue weighted by atomic mass is 16.7. The average molecular weight is 304 g/mol. The van der Waals surface area contributed by atoms with Gasteiger partial charge in [0.05, 0.1) is 17.8 Å². The summed E-state index contributed by atoms with van der Waals surface area (Å²) in [7, 11) is -0.384. The van der Waals surface area contributed by atoms with Crippen molar-refractivity contribution < 1.29 is 14.0 Å². The van der Waals surface area contributed by atoms with E-state index < -0.39 is 0 Å². The van der Waals surface area contributed by atoms with Gasteiger partial charge in [-0.3, -0.25) is 0 Å². The highest BCUT2D eigenvalue weighted by Gasteiger charge is 2.52. The van der Waals surface area contributed by atoms with Gasteiger partial charge < -0.3 is 14.0 Å². The lowest BCUT2D eigenvalue weighted by Crippen LogP contribution is -2.41. The van der Waals surface area contributed by atoms with Gasteiger partial charge in [0, 0.05) is 5.46 Å². The number of ether oxygens (including phenoxy) is 1. The van der Waals surface area contributed by atoms with Gasteiger partial charge in [-0.25, -0.2) is 0 Å². The zero-order valence-electron chi connectivity index (χ0n) is 15.2. The first kappa shape index (κ1) is 17.4. The Morgan fingerprint density at radius 1 is 1.05 bits per heavy atom. The molecule has 1 fully saturated rings. The smallest absolute Gasteiger partial charge is 0.493 e. The molecule has 1 aromatic rings. The fourth-order valence-electron chi connectivity index (χ4n) is 2.58. The van der Waals surface area contributed by atoms with Gasteiger partial charge in [-0.1, -0.05) is 31.5 Å². The van der Waals surface area contributed by atoms with Gasteiger partial charge >= 0.3 is 7.12 Å². The third-order valence-corrected chi connectivity index (χ3v) is 4.52. The summed E-state index contributed by atoms with van der Waals surface area (Å²) in [6, 6.07) is 4.26. The molecular formula is C18H29BO3. The molecule has 1 saturated heterocycles. The summed E-state index contributed by atoms with van der Waals surface area (Å²) in [5, 5.41) is 0. The summed E-state index contributed by atoms with van der Waals surface area (Å²) in [6.07, 6.45) is 0. The van der Waals surface area contributed by atoms with E-state index in [4.69, 9.17) is 14.0 Å². The number of hydrogen-bond donors (Lipinski definition) is 0. The van der Waals surface area contributed by atoms with E-state index in [9.17, 15) is 0 Å². The van der Waals surface area contributed by atoms with Crippen LogP contribution >= 0.6 is 0 Å². The molecule has 0 aliphatic carbocycles. The summed E-state index contributed by atoms with van der Waals surface area (Å²) in [5.41, 5.74) is 2.64. The van der Waals surface area contributed by atoms with Crippen LogP contribution in [0.3, 0.4) is 0 Å². The van der Waals surface area contributed by atoms with Crippen LogP contribution in [0.2, 0.25) is 0 Å². The Balaban J connectivity index is 2.38. The molecule has 0 unspecified atom stereocenters. The summed E-state index contributed by atoms with van der Waals surface area (Å²) in [4.78, 5) is 0. The van der Waals surface area contributed by atoms with Crippen molar-refractivity contribution in [2.45, 2.75) is 66.6 Å². The summed E-state index contributed by atoms with van der Waals surface area (Å²) >= 11 is 0. The van der Waals surface area contributed by atoms with Crippen molar-refractivity contribution in [2.24, 2.45) is 5.92 Å². The molecule has 22 heavy (non-hydrogen) atoms. The number of benzene rings is 1. The standard InChI is InChI=1S/C18H29BO3/c1-12(2)11-20-16-14(4)9-13(3)10-15(16)19-21-17(5,6)18(7,8)22-19/h9-10,12H,11H2,1-8H3. The van der Waals surface area contributed by atoms with Crippen LogP contribution in [-0.4, -0.2) is 24.9 Å². The first-order valence-corrected chi connectivity index (χ1v) is 8.13. The second-order valence-corrected chi connectivity index (χ2v) is 7.79. The molecule has 3 nitrogen and oxygen atoms in total. The van der Waals surface area contributed by atoms with Crippen molar-refractivity contribution in [3.8, 4) is 5.75 Å². The highest BCUT2D eigenvalue weighted by Crippen LogP contribution is 2.37. The Labute approximate surface area is 135 Å². The second kappa shape index (κ2) is 5.90. The van der Waals surface area contributed by atoms with E-state index in [0.29, 0.717) is 12.5 Å². The Morgan fingerprint density at radius 2 is 1.59 bits per heavy atom. The molecule has 1 heterocycles. The first-order chi connectivity index (χ1) is 10.0. The molecule has 1 aromatic carbocycles. The zero-order chi connectivity index (χ0) is 16.7. The van der Waals surface area contributed by atoms with E-state index in [0.717, 1.165) is 16.8 Å². The minimum atomic E-state index is -0.384. The van der Waals surface area contributed by atoms with Crippen molar-refractivity contribution in [3.63, 3.8) is 0 Å². The van der Waals surface area contributed by atoms with Crippen LogP contribution in [0, 0.1) is 19.8 Å². The molecule has 0 bridgehead atoms. The topological polar surface area (TPSA) is 27.7 Å². The van der Waals surface area contributed by atoms with Crippen LogP contribution < -0.4 is 10.2 Å². The van der Waals surface area contributed by atoms with Crippen LogP contribution in [0.1, 0.15) is 52.7 Å².